The van der Waals surface area contributed by atoms with E-state index in [1.54, 1.807) is 0 Å². The smallest absolute Gasteiger partial charge is 0 e. The zero-order chi connectivity index (χ0) is 13.7. The minimum absolute atomic E-state index is 0. The van der Waals surface area contributed by atoms with E-state index >= 15 is 0 Å². The molecule has 2 aromatic carbocycles. The molecule has 0 radical (unpaired) electrons. The van der Waals surface area contributed by atoms with Crippen molar-refractivity contribution < 1.29 is 93.3 Å². The third-order valence-electron chi connectivity index (χ3n) is 3.44. The topological polar surface area (TPSA) is 0 Å². The third kappa shape index (κ3) is 7.07. The number of hydrogen-bond donors (Lipinski definition) is 0. The molecule has 0 fully saturated rings. The average molecular weight is 961 g/mol. The summed E-state index contributed by atoms with van der Waals surface area (Å²) in [5, 5.41) is 0. The Balaban J connectivity index is 0. The molecule has 0 nitrogen and oxygen atoms in total. The second kappa shape index (κ2) is 13.6. The Morgan fingerprint density at radius 3 is 2.55 bits per heavy atom. The summed E-state index contributed by atoms with van der Waals surface area (Å²) >= 11 is 0. The summed E-state index contributed by atoms with van der Waals surface area (Å²) in [5.41, 5.74) is 5.17. The van der Waals surface area contributed by atoms with E-state index in [2.05, 4.69) is 69.0 Å². The van der Waals surface area contributed by atoms with Gasteiger partial charge in [0.2, 0.25) is 0 Å². The summed E-state index contributed by atoms with van der Waals surface area (Å²) < 4.78 is 0. The van der Waals surface area contributed by atoms with Gasteiger partial charge in [-0.2, -0.15) is 6.42 Å². The van der Waals surface area contributed by atoms with Crippen LogP contribution in [0.3, 0.4) is 0 Å². The fraction of sp³-hybridized carbons (Fsp3) is 0.263. The van der Waals surface area contributed by atoms with E-state index in [4.69, 9.17) is 0 Å². The maximum Gasteiger partial charge on any atom is 0 e. The Labute approximate surface area is 206 Å². The molecule has 0 amide bonds. The normalized spacial score (nSPS) is 10.5. The van der Waals surface area contributed by atoms with Crippen molar-refractivity contribution in [2.75, 3.05) is 0 Å². The van der Waals surface area contributed by atoms with Crippen LogP contribution in [0.4, 0.5) is 0 Å². The molecule has 2 aromatic rings. The maximum absolute atomic E-state index is 3.78. The maximum atomic E-state index is 3.78. The molecule has 0 saturated carbocycles. The van der Waals surface area contributed by atoms with Crippen molar-refractivity contribution in [3.63, 3.8) is 0 Å². The second-order valence-electron chi connectivity index (χ2n) is 4.81. The fourth-order valence-electron chi connectivity index (χ4n) is 2.49. The largest absolute Gasteiger partial charge is 0.505 e. The Kier molecular flexibility index (Phi) is 15.8. The molecule has 0 spiro atoms. The van der Waals surface area contributed by atoms with E-state index in [1.165, 1.54) is 22.3 Å². The molecular formula is C19H19U3-3. The minimum atomic E-state index is 0. The SMILES string of the molecule is C=[C-]C[C@@H](c1cccc(C)c1)c1c[c-]c[c-]c1CC.[U].[U].[U]. The zero-order valence-electron chi connectivity index (χ0n) is 13.2. The van der Waals surface area contributed by atoms with Gasteiger partial charge in [0.1, 0.15) is 0 Å². The van der Waals surface area contributed by atoms with Gasteiger partial charge in [0.05, 0.1) is 0 Å². The van der Waals surface area contributed by atoms with Crippen molar-refractivity contribution in [2.45, 2.75) is 32.6 Å². The molecule has 1 atom stereocenters. The Hall–Kier alpha value is 1.34. The molecular weight excluding hydrogens is 942 g/mol. The van der Waals surface area contributed by atoms with E-state index in [0.29, 0.717) is 5.92 Å². The van der Waals surface area contributed by atoms with Gasteiger partial charge in [-0.05, 0) is 6.92 Å². The third-order valence-corrected chi connectivity index (χ3v) is 3.44. The molecule has 0 aliphatic rings. The molecule has 0 bridgehead atoms. The molecule has 110 valence electrons. The van der Waals surface area contributed by atoms with Gasteiger partial charge < -0.3 is 24.3 Å². The zero-order valence-corrected chi connectivity index (χ0v) is 25.7. The molecule has 2 rings (SSSR count). The molecule has 0 unspecified atom stereocenters. The first-order valence-corrected chi connectivity index (χ1v) is 6.73. The number of hydrogen-bond acceptors (Lipinski definition) is 0. The van der Waals surface area contributed by atoms with Gasteiger partial charge in [0.15, 0.2) is 0 Å². The number of allylic oxidation sites excluding steroid dienone is 1. The molecule has 0 aromatic heterocycles. The van der Waals surface area contributed by atoms with Gasteiger partial charge in [-0.3, -0.25) is 23.8 Å². The van der Waals surface area contributed by atoms with Crippen LogP contribution in [0, 0.1) is 118 Å². The monoisotopic (exact) mass is 961 g/mol. The summed E-state index contributed by atoms with van der Waals surface area (Å²) in [6.45, 7) is 8.08. The van der Waals surface area contributed by atoms with Crippen molar-refractivity contribution >= 4 is 0 Å². The fourth-order valence-corrected chi connectivity index (χ4v) is 2.49. The summed E-state index contributed by atoms with van der Waals surface area (Å²) in [6, 6.07) is 19.1. The van der Waals surface area contributed by atoms with Gasteiger partial charge >= 0.3 is 0 Å². The van der Waals surface area contributed by atoms with Crippen molar-refractivity contribution in [1.82, 2.24) is 0 Å². The number of benzene rings is 2. The number of aryl methyl sites for hydroxylation is 2. The Bertz CT molecular complexity index is 564. The van der Waals surface area contributed by atoms with Crippen LogP contribution in [0.2, 0.25) is 0 Å². The molecule has 0 N–H and O–H groups in total. The van der Waals surface area contributed by atoms with Crippen LogP contribution in [0.5, 0.6) is 0 Å². The van der Waals surface area contributed by atoms with Crippen LogP contribution >= 0.6 is 0 Å². The quantitative estimate of drug-likeness (QED) is 0.383. The standard InChI is InChI=1S/C19H19.3U/c1-4-9-18(17-12-8-10-15(3)14-17)19-13-7-6-11-16(19)5-2;;;/h6,8,10,12-14,18H,1,5,9H2,2-3H3;;;/q-3;;;/t18-;;;/m0.../s1. The van der Waals surface area contributed by atoms with E-state index in [-0.39, 0.29) is 93.3 Å². The van der Waals surface area contributed by atoms with Gasteiger partial charge in [-0.1, -0.05) is 48.7 Å². The first-order valence-electron chi connectivity index (χ1n) is 6.73. The molecule has 0 aliphatic carbocycles. The molecule has 22 heavy (non-hydrogen) atoms. The van der Waals surface area contributed by atoms with Crippen molar-refractivity contribution in [1.29, 1.82) is 0 Å². The van der Waals surface area contributed by atoms with E-state index < -0.39 is 0 Å². The van der Waals surface area contributed by atoms with Gasteiger partial charge in [0, 0.05) is 93.3 Å². The van der Waals surface area contributed by atoms with Crippen LogP contribution in [0.15, 0.2) is 43.0 Å². The minimum Gasteiger partial charge on any atom is -0.505 e. The van der Waals surface area contributed by atoms with Crippen LogP contribution in [0.25, 0.3) is 0 Å². The first-order chi connectivity index (χ1) is 9.26. The van der Waals surface area contributed by atoms with Crippen molar-refractivity contribution in [3.05, 3.63) is 83.4 Å². The van der Waals surface area contributed by atoms with Crippen LogP contribution in [-0.2, 0) is 6.42 Å². The molecule has 0 aliphatic heterocycles. The molecule has 0 heterocycles. The van der Waals surface area contributed by atoms with Crippen molar-refractivity contribution in [3.8, 4) is 0 Å². The Morgan fingerprint density at radius 1 is 1.23 bits per heavy atom. The van der Waals surface area contributed by atoms with Crippen LogP contribution in [-0.4, -0.2) is 0 Å². The predicted molar refractivity (Wildman–Crippen MR) is 80.0 cm³/mol. The molecule has 0 saturated heterocycles. The average Bonchev–Trinajstić information content (AvgIpc) is 2.45. The van der Waals surface area contributed by atoms with E-state index in [9.17, 15) is 0 Å². The Morgan fingerprint density at radius 2 is 1.95 bits per heavy atom. The number of rotatable bonds is 5. The van der Waals surface area contributed by atoms with E-state index in [0.717, 1.165) is 12.8 Å². The van der Waals surface area contributed by atoms with Crippen molar-refractivity contribution in [2.24, 2.45) is 0 Å². The summed E-state index contributed by atoms with van der Waals surface area (Å²) in [4.78, 5) is 0. The van der Waals surface area contributed by atoms with Crippen LogP contribution in [0.1, 0.15) is 41.5 Å². The van der Waals surface area contributed by atoms with E-state index in [1.807, 2.05) is 6.07 Å². The summed E-state index contributed by atoms with van der Waals surface area (Å²) in [7, 11) is 0. The molecule has 3 heteroatoms. The summed E-state index contributed by atoms with van der Waals surface area (Å²) in [6.07, 6.45) is 4.87. The second-order valence-corrected chi connectivity index (χ2v) is 4.81. The van der Waals surface area contributed by atoms with Gasteiger partial charge in [-0.25, -0.2) is 0 Å². The first kappa shape index (κ1) is 25.6. The van der Waals surface area contributed by atoms with Gasteiger partial charge in [-0.15, -0.1) is 5.92 Å². The summed E-state index contributed by atoms with van der Waals surface area (Å²) in [5.74, 6) is 0.307. The van der Waals surface area contributed by atoms with Gasteiger partial charge in [0.25, 0.3) is 0 Å². The predicted octanol–water partition coefficient (Wildman–Crippen LogP) is 4.67. The van der Waals surface area contributed by atoms with Crippen LogP contribution < -0.4 is 0 Å².